The van der Waals surface area contributed by atoms with E-state index < -0.39 is 12.8 Å². The second-order valence-corrected chi connectivity index (χ2v) is 3.36. The van der Waals surface area contributed by atoms with Gasteiger partial charge < -0.3 is 10.1 Å². The smallest absolute Gasteiger partial charge is 0.422 e. The minimum Gasteiger partial charge on any atom is -0.484 e. The monoisotopic (exact) mass is 217 g/mol. The lowest BCUT2D eigenvalue weighted by Crippen LogP contribution is -2.19. The first-order valence-electron chi connectivity index (χ1n) is 4.61. The van der Waals surface area contributed by atoms with Crippen LogP contribution in [-0.2, 0) is 6.42 Å². The summed E-state index contributed by atoms with van der Waals surface area (Å²) in [5.74, 6) is 0.329. The molecule has 0 radical (unpaired) electrons. The van der Waals surface area contributed by atoms with Gasteiger partial charge in [-0.25, -0.2) is 0 Å². The van der Waals surface area contributed by atoms with Gasteiger partial charge in [-0.15, -0.1) is 0 Å². The van der Waals surface area contributed by atoms with Gasteiger partial charge in [0.2, 0.25) is 0 Å². The van der Waals surface area contributed by atoms with E-state index in [9.17, 15) is 13.2 Å². The molecule has 1 aromatic carbocycles. The summed E-state index contributed by atoms with van der Waals surface area (Å²) >= 11 is 0. The Balaban J connectivity index is 2.12. The predicted octanol–water partition coefficient (Wildman–Crippen LogP) is 2.60. The van der Waals surface area contributed by atoms with Crippen molar-refractivity contribution in [3.63, 3.8) is 0 Å². The summed E-state index contributed by atoms with van der Waals surface area (Å²) in [6.07, 6.45) is -3.57. The van der Waals surface area contributed by atoms with Crippen molar-refractivity contribution < 1.29 is 17.9 Å². The predicted molar refractivity (Wildman–Crippen MR) is 50.2 cm³/mol. The number of rotatable bonds is 2. The van der Waals surface area contributed by atoms with Gasteiger partial charge in [0.25, 0.3) is 0 Å². The zero-order valence-corrected chi connectivity index (χ0v) is 7.90. The van der Waals surface area contributed by atoms with Gasteiger partial charge in [-0.1, -0.05) is 6.07 Å². The maximum absolute atomic E-state index is 12.0. The Hall–Kier alpha value is -1.39. The number of hydrogen-bond acceptors (Lipinski definition) is 2. The molecular weight excluding hydrogens is 207 g/mol. The third-order valence-corrected chi connectivity index (χ3v) is 2.21. The fraction of sp³-hybridized carbons (Fsp3) is 0.400. The summed E-state index contributed by atoms with van der Waals surface area (Å²) in [4.78, 5) is 0. The van der Waals surface area contributed by atoms with Crippen molar-refractivity contribution in [3.8, 4) is 5.75 Å². The molecule has 0 saturated heterocycles. The largest absolute Gasteiger partial charge is 0.484 e. The number of benzene rings is 1. The molecule has 1 heterocycles. The molecule has 0 unspecified atom stereocenters. The molecule has 0 aliphatic carbocycles. The van der Waals surface area contributed by atoms with Crippen LogP contribution in [0.25, 0.3) is 0 Å². The van der Waals surface area contributed by atoms with Crippen LogP contribution in [-0.4, -0.2) is 19.3 Å². The van der Waals surface area contributed by atoms with Crippen molar-refractivity contribution >= 4 is 5.69 Å². The van der Waals surface area contributed by atoms with Crippen molar-refractivity contribution in [2.75, 3.05) is 18.5 Å². The molecule has 0 spiro atoms. The van der Waals surface area contributed by atoms with Crippen molar-refractivity contribution in [2.24, 2.45) is 0 Å². The zero-order chi connectivity index (χ0) is 10.9. The van der Waals surface area contributed by atoms with Gasteiger partial charge in [-0.05, 0) is 18.6 Å². The van der Waals surface area contributed by atoms with Crippen molar-refractivity contribution in [1.82, 2.24) is 0 Å². The molecule has 1 aliphatic rings. The lowest BCUT2D eigenvalue weighted by atomic mass is 10.1. The Labute approximate surface area is 85.0 Å². The summed E-state index contributed by atoms with van der Waals surface area (Å²) in [5, 5.41) is 3.08. The lowest BCUT2D eigenvalue weighted by molar-refractivity contribution is -0.153. The molecule has 2 nitrogen and oxygen atoms in total. The molecule has 82 valence electrons. The Morgan fingerprint density at radius 2 is 2.13 bits per heavy atom. The second-order valence-electron chi connectivity index (χ2n) is 3.36. The molecule has 1 N–H and O–H groups in total. The highest BCUT2D eigenvalue weighted by molar-refractivity contribution is 5.61. The van der Waals surface area contributed by atoms with Gasteiger partial charge in [0.15, 0.2) is 6.61 Å². The first-order valence-corrected chi connectivity index (χ1v) is 4.61. The molecule has 5 heteroatoms. The van der Waals surface area contributed by atoms with Crippen molar-refractivity contribution in [2.45, 2.75) is 12.6 Å². The van der Waals surface area contributed by atoms with E-state index in [0.29, 0.717) is 12.2 Å². The molecule has 1 aromatic rings. The van der Waals surface area contributed by atoms with Crippen LogP contribution >= 0.6 is 0 Å². The number of fused-ring (bicyclic) bond motifs is 1. The van der Waals surface area contributed by atoms with Crippen molar-refractivity contribution in [3.05, 3.63) is 23.8 Å². The summed E-state index contributed by atoms with van der Waals surface area (Å²) in [6.45, 7) is -0.481. The van der Waals surface area contributed by atoms with E-state index in [2.05, 4.69) is 5.32 Å². The lowest BCUT2D eigenvalue weighted by Gasteiger charge is -2.11. The van der Waals surface area contributed by atoms with E-state index in [-0.39, 0.29) is 0 Å². The number of halogens is 3. The van der Waals surface area contributed by atoms with Gasteiger partial charge in [-0.3, -0.25) is 0 Å². The average molecular weight is 217 g/mol. The SMILES string of the molecule is FC(F)(F)COc1cccc2c1CCN2. The van der Waals surface area contributed by atoms with Crippen LogP contribution in [0.5, 0.6) is 5.75 Å². The summed E-state index contributed by atoms with van der Waals surface area (Å²) in [7, 11) is 0. The number of hydrogen-bond donors (Lipinski definition) is 1. The summed E-state index contributed by atoms with van der Waals surface area (Å²) in [5.41, 5.74) is 1.71. The molecule has 0 atom stereocenters. The zero-order valence-electron chi connectivity index (χ0n) is 7.90. The first kappa shape index (κ1) is 10.1. The summed E-state index contributed by atoms with van der Waals surface area (Å²) in [6, 6.07) is 5.09. The standard InChI is InChI=1S/C10H10F3NO/c11-10(12,13)6-15-9-3-1-2-8-7(9)4-5-14-8/h1-3,14H,4-6H2. The fourth-order valence-electron chi connectivity index (χ4n) is 1.61. The van der Waals surface area contributed by atoms with E-state index in [1.807, 2.05) is 6.07 Å². The number of anilines is 1. The highest BCUT2D eigenvalue weighted by atomic mass is 19.4. The van der Waals surface area contributed by atoms with Crippen LogP contribution in [0.3, 0.4) is 0 Å². The highest BCUT2D eigenvalue weighted by Crippen LogP contribution is 2.31. The summed E-state index contributed by atoms with van der Waals surface area (Å²) < 4.78 is 40.6. The molecule has 0 fully saturated rings. The molecule has 0 bridgehead atoms. The molecular formula is C10H10F3NO. The van der Waals surface area contributed by atoms with Crippen LogP contribution in [0.2, 0.25) is 0 Å². The van der Waals surface area contributed by atoms with Crippen LogP contribution < -0.4 is 10.1 Å². The quantitative estimate of drug-likeness (QED) is 0.822. The Morgan fingerprint density at radius 3 is 2.87 bits per heavy atom. The molecule has 0 aromatic heterocycles. The Bertz CT molecular complexity index is 362. The number of alkyl halides is 3. The minimum absolute atomic E-state index is 0.329. The normalized spacial score (nSPS) is 14.6. The molecule has 15 heavy (non-hydrogen) atoms. The Morgan fingerprint density at radius 1 is 1.33 bits per heavy atom. The average Bonchev–Trinajstić information content (AvgIpc) is 2.61. The van der Waals surface area contributed by atoms with E-state index >= 15 is 0 Å². The van der Waals surface area contributed by atoms with Crippen LogP contribution in [0, 0.1) is 0 Å². The Kier molecular flexibility index (Phi) is 2.46. The molecule has 0 amide bonds. The van der Waals surface area contributed by atoms with Gasteiger partial charge in [0.05, 0.1) is 0 Å². The maximum Gasteiger partial charge on any atom is 0.422 e. The van der Waals surface area contributed by atoms with E-state index in [4.69, 9.17) is 4.74 Å². The highest BCUT2D eigenvalue weighted by Gasteiger charge is 2.29. The second kappa shape index (κ2) is 3.64. The fourth-order valence-corrected chi connectivity index (χ4v) is 1.61. The first-order chi connectivity index (χ1) is 7.06. The van der Waals surface area contributed by atoms with E-state index in [0.717, 1.165) is 17.8 Å². The maximum atomic E-state index is 12.0. The third kappa shape index (κ3) is 2.34. The van der Waals surface area contributed by atoms with E-state index in [1.165, 1.54) is 0 Å². The van der Waals surface area contributed by atoms with Crippen molar-refractivity contribution in [1.29, 1.82) is 0 Å². The topological polar surface area (TPSA) is 21.3 Å². The molecule has 2 rings (SSSR count). The van der Waals surface area contributed by atoms with Crippen LogP contribution in [0.4, 0.5) is 18.9 Å². The van der Waals surface area contributed by atoms with Gasteiger partial charge in [0.1, 0.15) is 5.75 Å². The van der Waals surface area contributed by atoms with Gasteiger partial charge >= 0.3 is 6.18 Å². The van der Waals surface area contributed by atoms with Gasteiger partial charge in [0, 0.05) is 17.8 Å². The molecule has 1 aliphatic heterocycles. The number of ether oxygens (including phenoxy) is 1. The number of nitrogens with one attached hydrogen (secondary N) is 1. The minimum atomic E-state index is -4.28. The third-order valence-electron chi connectivity index (χ3n) is 2.21. The van der Waals surface area contributed by atoms with Crippen LogP contribution in [0.1, 0.15) is 5.56 Å². The molecule has 0 saturated carbocycles. The van der Waals surface area contributed by atoms with Crippen LogP contribution in [0.15, 0.2) is 18.2 Å². The van der Waals surface area contributed by atoms with E-state index in [1.54, 1.807) is 12.1 Å². The van der Waals surface area contributed by atoms with Gasteiger partial charge in [-0.2, -0.15) is 13.2 Å².